The van der Waals surface area contributed by atoms with Crippen LogP contribution in [0.25, 0.3) is 6.08 Å². The fraction of sp³-hybridized carbons (Fsp3) is 0.240. The van der Waals surface area contributed by atoms with E-state index in [9.17, 15) is 9.59 Å². The highest BCUT2D eigenvalue weighted by Crippen LogP contribution is 2.31. The Morgan fingerprint density at radius 1 is 1.06 bits per heavy atom. The zero-order chi connectivity index (χ0) is 22.1. The monoisotopic (exact) mass is 450 g/mol. The maximum absolute atomic E-state index is 12.6. The minimum atomic E-state index is -0.0372. The summed E-state index contributed by atoms with van der Waals surface area (Å²) in [5.41, 5.74) is 3.07. The summed E-state index contributed by atoms with van der Waals surface area (Å²) in [6.07, 6.45) is 8.60. The SMILES string of the molecule is Cc1ccc(NC(=O)CCCCCN2C(=O)/C(=C/C=C/c3ccccc3)SC2=S)cc1. The summed E-state index contributed by atoms with van der Waals surface area (Å²) in [6, 6.07) is 17.7. The highest BCUT2D eigenvalue weighted by atomic mass is 32.2. The standard InChI is InChI=1S/C25H26N2O2S2/c1-19-14-16-21(17-15-19)26-23(28)13-6-3-7-18-27-24(29)22(31-25(27)30)12-8-11-20-9-4-2-5-10-20/h2,4-5,8-12,14-17H,3,6-7,13,18H2,1H3,(H,26,28)/b11-8+,22-12-. The van der Waals surface area contributed by atoms with E-state index in [0.29, 0.717) is 22.2 Å². The van der Waals surface area contributed by atoms with E-state index in [1.807, 2.05) is 79.7 Å². The van der Waals surface area contributed by atoms with Gasteiger partial charge in [0, 0.05) is 18.7 Å². The molecule has 1 aliphatic rings. The van der Waals surface area contributed by atoms with Crippen molar-refractivity contribution in [1.29, 1.82) is 0 Å². The zero-order valence-corrected chi connectivity index (χ0v) is 19.2. The van der Waals surface area contributed by atoms with Crippen LogP contribution in [0.15, 0.2) is 71.7 Å². The average molecular weight is 451 g/mol. The number of carbonyl (C=O) groups is 2. The topological polar surface area (TPSA) is 49.4 Å². The first-order valence-electron chi connectivity index (χ1n) is 10.4. The molecule has 1 heterocycles. The first-order chi connectivity index (χ1) is 15.0. The molecule has 1 saturated heterocycles. The fourth-order valence-corrected chi connectivity index (χ4v) is 4.37. The number of thioether (sulfide) groups is 1. The Bertz CT molecular complexity index is 982. The number of nitrogens with zero attached hydrogens (tertiary/aromatic N) is 1. The van der Waals surface area contributed by atoms with Crippen molar-refractivity contribution in [2.75, 3.05) is 11.9 Å². The molecule has 2 aromatic rings. The zero-order valence-electron chi connectivity index (χ0n) is 17.5. The van der Waals surface area contributed by atoms with Crippen LogP contribution >= 0.6 is 24.0 Å². The van der Waals surface area contributed by atoms with Gasteiger partial charge in [-0.25, -0.2) is 0 Å². The maximum Gasteiger partial charge on any atom is 0.266 e. The number of unbranched alkanes of at least 4 members (excludes halogenated alkanes) is 2. The van der Waals surface area contributed by atoms with Crippen molar-refractivity contribution in [3.63, 3.8) is 0 Å². The van der Waals surface area contributed by atoms with Gasteiger partial charge in [-0.2, -0.15) is 0 Å². The van der Waals surface area contributed by atoms with Crippen molar-refractivity contribution in [2.24, 2.45) is 0 Å². The summed E-state index contributed by atoms with van der Waals surface area (Å²) < 4.78 is 0.599. The summed E-state index contributed by atoms with van der Waals surface area (Å²) >= 11 is 6.72. The number of anilines is 1. The van der Waals surface area contributed by atoms with Crippen molar-refractivity contribution < 1.29 is 9.59 Å². The minimum absolute atomic E-state index is 0.0163. The van der Waals surface area contributed by atoms with Crippen LogP contribution in [-0.2, 0) is 9.59 Å². The number of thiocarbonyl (C=S) groups is 1. The molecule has 6 heteroatoms. The summed E-state index contributed by atoms with van der Waals surface area (Å²) in [5.74, 6) is -0.0209. The van der Waals surface area contributed by atoms with E-state index in [1.54, 1.807) is 4.90 Å². The Hall–Kier alpha value is -2.70. The lowest BCUT2D eigenvalue weighted by molar-refractivity contribution is -0.122. The second kappa shape index (κ2) is 11.6. The van der Waals surface area contributed by atoms with Gasteiger partial charge in [-0.1, -0.05) is 90.6 Å². The van der Waals surface area contributed by atoms with Gasteiger partial charge in [-0.15, -0.1) is 0 Å². The predicted molar refractivity (Wildman–Crippen MR) is 134 cm³/mol. The van der Waals surface area contributed by atoms with Crippen LogP contribution in [0.5, 0.6) is 0 Å². The number of rotatable bonds is 9. The minimum Gasteiger partial charge on any atom is -0.326 e. The maximum atomic E-state index is 12.6. The predicted octanol–water partition coefficient (Wildman–Crippen LogP) is 5.95. The van der Waals surface area contributed by atoms with E-state index < -0.39 is 0 Å². The van der Waals surface area contributed by atoms with Gasteiger partial charge < -0.3 is 5.32 Å². The molecule has 31 heavy (non-hydrogen) atoms. The van der Waals surface area contributed by atoms with E-state index in [2.05, 4.69) is 5.32 Å². The number of aryl methyl sites for hydroxylation is 1. The molecule has 0 radical (unpaired) electrons. The molecule has 0 bridgehead atoms. The van der Waals surface area contributed by atoms with E-state index in [-0.39, 0.29) is 11.8 Å². The highest BCUT2D eigenvalue weighted by Gasteiger charge is 2.30. The summed E-state index contributed by atoms with van der Waals surface area (Å²) in [7, 11) is 0. The molecule has 3 rings (SSSR count). The van der Waals surface area contributed by atoms with Crippen LogP contribution < -0.4 is 5.32 Å². The summed E-state index contributed by atoms with van der Waals surface area (Å²) in [5, 5.41) is 2.91. The molecule has 0 unspecified atom stereocenters. The van der Waals surface area contributed by atoms with Gasteiger partial charge in [0.1, 0.15) is 4.32 Å². The number of nitrogens with one attached hydrogen (secondary N) is 1. The van der Waals surface area contributed by atoms with E-state index in [1.165, 1.54) is 11.8 Å². The van der Waals surface area contributed by atoms with Gasteiger partial charge >= 0.3 is 0 Å². The molecule has 0 spiro atoms. The van der Waals surface area contributed by atoms with Gasteiger partial charge in [0.25, 0.3) is 5.91 Å². The first-order valence-corrected chi connectivity index (χ1v) is 11.6. The third-order valence-corrected chi connectivity index (χ3v) is 6.23. The summed E-state index contributed by atoms with van der Waals surface area (Å²) in [6.45, 7) is 2.60. The second-order valence-electron chi connectivity index (χ2n) is 7.35. The molecular formula is C25H26N2O2S2. The quantitative estimate of drug-likeness (QED) is 0.291. The van der Waals surface area contributed by atoms with Crippen LogP contribution in [0.1, 0.15) is 36.8 Å². The average Bonchev–Trinajstić information content (AvgIpc) is 3.03. The van der Waals surface area contributed by atoms with Crippen LogP contribution in [0, 0.1) is 6.92 Å². The molecule has 1 N–H and O–H groups in total. The molecule has 2 aromatic carbocycles. The molecule has 0 aromatic heterocycles. The lowest BCUT2D eigenvalue weighted by Gasteiger charge is -2.14. The van der Waals surface area contributed by atoms with Crippen molar-refractivity contribution in [3.8, 4) is 0 Å². The number of hydrogen-bond donors (Lipinski definition) is 1. The number of allylic oxidation sites excluding steroid dienone is 2. The van der Waals surface area contributed by atoms with Gasteiger partial charge in [0.2, 0.25) is 5.91 Å². The van der Waals surface area contributed by atoms with Gasteiger partial charge in [-0.3, -0.25) is 14.5 Å². The third kappa shape index (κ3) is 7.19. The Morgan fingerprint density at radius 3 is 2.55 bits per heavy atom. The third-order valence-electron chi connectivity index (χ3n) is 4.83. The number of amides is 2. The molecule has 0 aliphatic carbocycles. The van der Waals surface area contributed by atoms with Gasteiger partial charge in [0.05, 0.1) is 4.91 Å². The first kappa shape index (κ1) is 23.0. The van der Waals surface area contributed by atoms with Crippen molar-refractivity contribution >= 4 is 51.9 Å². The highest BCUT2D eigenvalue weighted by molar-refractivity contribution is 8.26. The van der Waals surface area contributed by atoms with E-state index in [4.69, 9.17) is 12.2 Å². The summed E-state index contributed by atoms with van der Waals surface area (Å²) in [4.78, 5) is 27.0. The molecule has 1 aliphatic heterocycles. The van der Waals surface area contributed by atoms with Crippen LogP contribution in [0.4, 0.5) is 5.69 Å². The largest absolute Gasteiger partial charge is 0.326 e. The van der Waals surface area contributed by atoms with Crippen LogP contribution in [-0.4, -0.2) is 27.6 Å². The van der Waals surface area contributed by atoms with E-state index >= 15 is 0 Å². The smallest absolute Gasteiger partial charge is 0.266 e. The Balaban J connectivity index is 1.38. The van der Waals surface area contributed by atoms with Gasteiger partial charge in [-0.05, 0) is 43.5 Å². The van der Waals surface area contributed by atoms with Crippen molar-refractivity contribution in [1.82, 2.24) is 4.90 Å². The second-order valence-corrected chi connectivity index (χ2v) is 9.03. The molecule has 0 saturated carbocycles. The fourth-order valence-electron chi connectivity index (χ4n) is 3.11. The normalized spacial score (nSPS) is 15.3. The lowest BCUT2D eigenvalue weighted by Crippen LogP contribution is -2.29. The molecule has 1 fully saturated rings. The van der Waals surface area contributed by atoms with Crippen LogP contribution in [0.3, 0.4) is 0 Å². The van der Waals surface area contributed by atoms with Crippen molar-refractivity contribution in [2.45, 2.75) is 32.6 Å². The Kier molecular flexibility index (Phi) is 8.62. The number of hydrogen-bond acceptors (Lipinski definition) is 4. The molecule has 4 nitrogen and oxygen atoms in total. The lowest BCUT2D eigenvalue weighted by atomic mass is 10.1. The molecular weight excluding hydrogens is 424 g/mol. The van der Waals surface area contributed by atoms with Crippen molar-refractivity contribution in [3.05, 3.63) is 82.8 Å². The number of carbonyl (C=O) groups excluding carboxylic acids is 2. The molecule has 0 atom stereocenters. The van der Waals surface area contributed by atoms with Gasteiger partial charge in [0.15, 0.2) is 0 Å². The molecule has 2 amide bonds. The number of benzene rings is 2. The Labute approximate surface area is 193 Å². The molecule has 160 valence electrons. The van der Waals surface area contributed by atoms with Crippen LogP contribution in [0.2, 0.25) is 0 Å². The van der Waals surface area contributed by atoms with E-state index in [0.717, 1.165) is 36.1 Å². The Morgan fingerprint density at radius 2 is 1.81 bits per heavy atom.